The first-order valence-corrected chi connectivity index (χ1v) is 26.0. The van der Waals surface area contributed by atoms with Gasteiger partial charge in [-0.2, -0.15) is 9.97 Å². The molecule has 2 aromatic heterocycles. The Kier molecular flexibility index (Phi) is 12.0. The Morgan fingerprint density at radius 2 is 1.72 bits per heavy atom. The van der Waals surface area contributed by atoms with Crippen LogP contribution in [-0.2, 0) is 14.4 Å². The van der Waals surface area contributed by atoms with E-state index < -0.39 is 11.6 Å². The minimum Gasteiger partial charge on any atom is -0.508 e. The minimum absolute atomic E-state index is 0.0295. The molecule has 1 saturated carbocycles. The summed E-state index contributed by atoms with van der Waals surface area (Å²) >= 11 is 0. The van der Waals surface area contributed by atoms with Crippen LogP contribution in [0.2, 0.25) is 0 Å². The third-order valence-electron chi connectivity index (χ3n) is 17.0. The number of pyridine rings is 1. The summed E-state index contributed by atoms with van der Waals surface area (Å²) in [6.45, 7) is 8.14. The molecule has 72 heavy (non-hydrogen) atoms. The fourth-order valence-electron chi connectivity index (χ4n) is 12.9. The number of amides is 3. The van der Waals surface area contributed by atoms with Gasteiger partial charge in [-0.25, -0.2) is 8.78 Å². The molecule has 2 aliphatic carbocycles. The molecule has 5 saturated heterocycles. The number of piperazine rings is 1. The molecule has 12 rings (SSSR count). The van der Waals surface area contributed by atoms with Gasteiger partial charge in [0.25, 0.3) is 0 Å². The van der Waals surface area contributed by atoms with Gasteiger partial charge in [0.2, 0.25) is 17.7 Å². The number of nitrogens with one attached hydrogen (secondary N) is 2. The third-order valence-corrected chi connectivity index (χ3v) is 17.0. The molecule has 7 aliphatic rings. The molecule has 4 unspecified atom stereocenters. The predicted molar refractivity (Wildman–Crippen MR) is 270 cm³/mol. The quantitative estimate of drug-likeness (QED) is 0.0873. The van der Waals surface area contributed by atoms with Gasteiger partial charge in [-0.15, -0.1) is 6.42 Å². The van der Waals surface area contributed by atoms with Gasteiger partial charge in [0.1, 0.15) is 28.6 Å². The van der Waals surface area contributed by atoms with Crippen LogP contribution >= 0.6 is 0 Å². The predicted octanol–water partition coefficient (Wildman–Crippen LogP) is 7.97. The summed E-state index contributed by atoms with van der Waals surface area (Å²) < 4.78 is 38.7. The number of terminal acetylenes is 1. The van der Waals surface area contributed by atoms with Crippen molar-refractivity contribution in [1.82, 2.24) is 35.4 Å². The summed E-state index contributed by atoms with van der Waals surface area (Å²) in [5.74, 6) is 1.97. The number of hydrogen-bond donors (Lipinski definition) is 3. The van der Waals surface area contributed by atoms with Crippen LogP contribution in [0.25, 0.3) is 38.5 Å². The third kappa shape index (κ3) is 8.74. The van der Waals surface area contributed by atoms with Gasteiger partial charge in [0.05, 0.1) is 23.5 Å². The molecule has 372 valence electrons. The second-order valence-corrected chi connectivity index (χ2v) is 21.8. The molecule has 3 N–H and O–H groups in total. The molecule has 5 aliphatic heterocycles. The van der Waals surface area contributed by atoms with E-state index in [4.69, 9.17) is 21.1 Å². The number of nitrogens with zero attached hydrogens (tertiary/aromatic N) is 6. The number of aromatic hydroxyl groups is 1. The number of ether oxygens (including phenoxy) is 1. The fraction of sp³-hybridized carbons (Fsp3) is 0.474. The van der Waals surface area contributed by atoms with Crippen molar-refractivity contribution in [2.75, 3.05) is 57.3 Å². The number of allylic oxidation sites excluding steroid dienone is 1. The molecular formula is C57H60F2N8O5. The first-order chi connectivity index (χ1) is 34.9. The maximum absolute atomic E-state index is 17.1. The monoisotopic (exact) mass is 974 g/mol. The number of hydrogen-bond acceptors (Lipinski definition) is 11. The zero-order chi connectivity index (χ0) is 49.4. The van der Waals surface area contributed by atoms with Crippen molar-refractivity contribution in [2.24, 2.45) is 17.3 Å². The zero-order valence-corrected chi connectivity index (χ0v) is 40.7. The first-order valence-electron chi connectivity index (χ1n) is 26.0. The normalized spacial score (nSPS) is 24.3. The van der Waals surface area contributed by atoms with E-state index >= 15 is 8.78 Å². The second kappa shape index (κ2) is 18.5. The van der Waals surface area contributed by atoms with Gasteiger partial charge in [-0.1, -0.05) is 43.2 Å². The lowest BCUT2D eigenvalue weighted by molar-refractivity contribution is -0.135. The number of imide groups is 1. The van der Waals surface area contributed by atoms with E-state index in [0.717, 1.165) is 95.2 Å². The molecule has 2 bridgehead atoms. The summed E-state index contributed by atoms with van der Waals surface area (Å²) in [5.41, 5.74) is 4.66. The Labute approximate surface area is 417 Å². The number of phenols is 1. The maximum atomic E-state index is 17.1. The van der Waals surface area contributed by atoms with Crippen molar-refractivity contribution >= 4 is 50.8 Å². The number of likely N-dealkylation sites (tertiary alicyclic amines) is 2. The summed E-state index contributed by atoms with van der Waals surface area (Å²) in [5, 5.41) is 18.1. The van der Waals surface area contributed by atoms with E-state index in [9.17, 15) is 19.5 Å². The van der Waals surface area contributed by atoms with Crippen LogP contribution in [0.4, 0.5) is 14.6 Å². The Bertz CT molecular complexity index is 3100. The number of carbonyl (C=O) groups is 3. The van der Waals surface area contributed by atoms with Crippen molar-refractivity contribution in [3.8, 4) is 35.4 Å². The Morgan fingerprint density at radius 1 is 0.944 bits per heavy atom. The van der Waals surface area contributed by atoms with Crippen molar-refractivity contribution < 1.29 is 33.0 Å². The van der Waals surface area contributed by atoms with E-state index in [-0.39, 0.29) is 86.5 Å². The highest BCUT2D eigenvalue weighted by Crippen LogP contribution is 2.48. The smallest absolute Gasteiger partial charge is 0.319 e. The maximum Gasteiger partial charge on any atom is 0.319 e. The highest BCUT2D eigenvalue weighted by molar-refractivity contribution is 6.05. The molecule has 5 aromatic rings. The van der Waals surface area contributed by atoms with E-state index in [1.807, 2.05) is 0 Å². The summed E-state index contributed by atoms with van der Waals surface area (Å²) in [7, 11) is 0. The van der Waals surface area contributed by atoms with Gasteiger partial charge < -0.3 is 29.9 Å². The number of phenolic OH excluding ortho intramolecular Hbond substituents is 1. The van der Waals surface area contributed by atoms with E-state index in [1.165, 1.54) is 35.4 Å². The average molecular weight is 975 g/mol. The van der Waals surface area contributed by atoms with Crippen LogP contribution in [0.3, 0.4) is 0 Å². The standard InChI is InChI=1S/C57H60F2N8O5/c1-3-40-47(58)10-5-36-24-39(68)26-45(50(36)40)52-51(59)53-46(27-60-52)54(67-28-37-6-7-38(29-67)61-37)64-56(63-53)72-31-57(16-17-57)30-65-18-12-33(13-19-65)23-49(70)66-20-14-34(15-21-66)35-4-8-41-43(25-35)32(2)22-44(41)42-9-11-48(69)62-55(42)71/h1,4-5,8,10,22,24-27,32-34,37-38,42,61,68H,6-7,9,11-21,23,28-31H2,2H3,(H,62,69,71). The summed E-state index contributed by atoms with van der Waals surface area (Å²) in [4.78, 5) is 59.1. The zero-order valence-electron chi connectivity index (χ0n) is 40.7. The molecular weight excluding hydrogens is 915 g/mol. The number of carbonyl (C=O) groups excluding carboxylic acids is 3. The number of aromatic nitrogens is 3. The van der Waals surface area contributed by atoms with Gasteiger partial charge in [0.15, 0.2) is 5.82 Å². The van der Waals surface area contributed by atoms with E-state index in [0.29, 0.717) is 67.4 Å². The van der Waals surface area contributed by atoms with Gasteiger partial charge in [-0.05, 0) is 129 Å². The Morgan fingerprint density at radius 3 is 2.46 bits per heavy atom. The van der Waals surface area contributed by atoms with Crippen LogP contribution in [0, 0.1) is 41.2 Å². The average Bonchev–Trinajstić information content (AvgIpc) is 3.96. The Balaban J connectivity index is 0.677. The molecule has 0 spiro atoms. The Hall–Kier alpha value is -6.50. The summed E-state index contributed by atoms with van der Waals surface area (Å²) in [6.07, 6.45) is 18.9. The lowest BCUT2D eigenvalue weighted by Gasteiger charge is -2.36. The van der Waals surface area contributed by atoms with Crippen LogP contribution in [-0.4, -0.2) is 112 Å². The molecule has 7 heterocycles. The molecule has 0 radical (unpaired) electrons. The van der Waals surface area contributed by atoms with Crippen molar-refractivity contribution in [3.63, 3.8) is 0 Å². The van der Waals surface area contributed by atoms with Crippen LogP contribution in [0.5, 0.6) is 11.8 Å². The van der Waals surface area contributed by atoms with Gasteiger partial charge >= 0.3 is 6.01 Å². The fourth-order valence-corrected chi connectivity index (χ4v) is 12.9. The largest absolute Gasteiger partial charge is 0.508 e. The van der Waals surface area contributed by atoms with Gasteiger partial charge in [-0.3, -0.25) is 24.7 Å². The van der Waals surface area contributed by atoms with Crippen LogP contribution in [0.1, 0.15) is 112 Å². The number of rotatable bonds is 11. The van der Waals surface area contributed by atoms with Gasteiger partial charge in [0, 0.05) is 86.1 Å². The highest BCUT2D eigenvalue weighted by Gasteiger charge is 2.46. The molecule has 15 heteroatoms. The number of halogens is 2. The minimum atomic E-state index is -0.739. The highest BCUT2D eigenvalue weighted by atomic mass is 19.1. The van der Waals surface area contributed by atoms with E-state index in [2.05, 4.69) is 67.4 Å². The SMILES string of the molecule is C#Cc1c(F)ccc2cc(O)cc(-c3ncc4c(N5CC6CCC(C5)N6)nc(OCC5(CN6CCC(CC(=O)N7CCC(c8ccc9c(c8)C(C)C=C9C8CCC(=O)NC8=O)CC7)CC6)CC5)nc4c3F)c12. The number of piperidine rings is 3. The summed E-state index contributed by atoms with van der Waals surface area (Å²) in [6, 6.07) is 12.9. The molecule has 13 nitrogen and oxygen atoms in total. The van der Waals surface area contributed by atoms with Crippen LogP contribution in [0.15, 0.2) is 54.7 Å². The van der Waals surface area contributed by atoms with Crippen molar-refractivity contribution in [1.29, 1.82) is 0 Å². The molecule has 3 amide bonds. The number of anilines is 1. The van der Waals surface area contributed by atoms with Crippen molar-refractivity contribution in [2.45, 2.75) is 101 Å². The van der Waals surface area contributed by atoms with Crippen LogP contribution < -0.4 is 20.3 Å². The number of fused-ring (bicyclic) bond motifs is 5. The lowest BCUT2D eigenvalue weighted by Crippen LogP contribution is -2.51. The lowest BCUT2D eigenvalue weighted by atomic mass is 9.84. The molecule has 6 fully saturated rings. The number of benzene rings is 3. The molecule has 3 aromatic carbocycles. The molecule has 4 atom stereocenters. The van der Waals surface area contributed by atoms with Crippen molar-refractivity contribution in [3.05, 3.63) is 88.6 Å². The first kappa shape index (κ1) is 46.6. The second-order valence-electron chi connectivity index (χ2n) is 21.8. The topological polar surface area (TPSA) is 153 Å². The van der Waals surface area contributed by atoms with E-state index in [1.54, 1.807) is 6.20 Å².